The number of hydrogen-bond donors (Lipinski definition) is 2. The first-order valence-electron chi connectivity index (χ1n) is 9.74. The summed E-state index contributed by atoms with van der Waals surface area (Å²) in [6.07, 6.45) is 3.56. The summed E-state index contributed by atoms with van der Waals surface area (Å²) < 4.78 is 10.2. The third-order valence-corrected chi connectivity index (χ3v) is 5.85. The molecule has 1 aromatic heterocycles. The van der Waals surface area contributed by atoms with Crippen molar-refractivity contribution in [1.82, 2.24) is 4.98 Å². The van der Waals surface area contributed by atoms with Gasteiger partial charge in [0.2, 0.25) is 5.91 Å². The summed E-state index contributed by atoms with van der Waals surface area (Å²) in [4.78, 5) is 29.0. The first-order valence-corrected chi connectivity index (χ1v) is 9.74. The highest BCUT2D eigenvalue weighted by molar-refractivity contribution is 6.13. The molecule has 1 amide bonds. The van der Waals surface area contributed by atoms with E-state index in [1.165, 1.54) is 7.11 Å². The van der Waals surface area contributed by atoms with Crippen LogP contribution in [0.5, 0.6) is 5.75 Å². The first kappa shape index (κ1) is 19.1. The van der Waals surface area contributed by atoms with Crippen molar-refractivity contribution in [3.8, 4) is 5.75 Å². The molecular weight excluding hydrogens is 368 g/mol. The highest BCUT2D eigenvalue weighted by Crippen LogP contribution is 2.43. The molecule has 6 heteroatoms. The number of anilines is 1. The Labute approximate surface area is 169 Å². The number of carbonyl (C=O) groups is 2. The second kappa shape index (κ2) is 7.62. The van der Waals surface area contributed by atoms with E-state index in [9.17, 15) is 9.59 Å². The quantitative estimate of drug-likeness (QED) is 0.630. The van der Waals surface area contributed by atoms with E-state index in [0.717, 1.165) is 36.6 Å². The van der Waals surface area contributed by atoms with Crippen LogP contribution in [0.1, 0.15) is 41.7 Å². The number of H-pyrrole nitrogens is 1. The minimum absolute atomic E-state index is 0.0944. The summed E-state index contributed by atoms with van der Waals surface area (Å²) >= 11 is 0. The van der Waals surface area contributed by atoms with Crippen molar-refractivity contribution in [2.24, 2.45) is 0 Å². The van der Waals surface area contributed by atoms with Gasteiger partial charge in [-0.1, -0.05) is 43.2 Å². The summed E-state index contributed by atoms with van der Waals surface area (Å²) in [5.74, 6) is 0.0308. The molecule has 1 saturated carbocycles. The van der Waals surface area contributed by atoms with Crippen LogP contribution in [0.2, 0.25) is 0 Å². The summed E-state index contributed by atoms with van der Waals surface area (Å²) in [6, 6.07) is 15.3. The predicted molar refractivity (Wildman–Crippen MR) is 111 cm³/mol. The number of methoxy groups -OCH3 is 2. The zero-order chi connectivity index (χ0) is 20.4. The van der Waals surface area contributed by atoms with Crippen molar-refractivity contribution in [2.75, 3.05) is 19.5 Å². The smallest absolute Gasteiger partial charge is 0.356 e. The van der Waals surface area contributed by atoms with E-state index < -0.39 is 11.4 Å². The summed E-state index contributed by atoms with van der Waals surface area (Å²) in [6.45, 7) is 0. The number of esters is 1. The second-order valence-electron chi connectivity index (χ2n) is 7.39. The van der Waals surface area contributed by atoms with Gasteiger partial charge in [-0.05, 0) is 30.5 Å². The average Bonchev–Trinajstić information content (AvgIpc) is 3.39. The monoisotopic (exact) mass is 392 g/mol. The van der Waals surface area contributed by atoms with Crippen LogP contribution >= 0.6 is 0 Å². The lowest BCUT2D eigenvalue weighted by molar-refractivity contribution is -0.121. The number of nitrogens with one attached hydrogen (secondary N) is 2. The van der Waals surface area contributed by atoms with Crippen LogP contribution < -0.4 is 10.1 Å². The third kappa shape index (κ3) is 3.24. The fraction of sp³-hybridized carbons (Fsp3) is 0.304. The standard InChI is InChI=1S/C23H24N2O4/c1-28-16-10-11-17-18(14-16)24-20(21(26)29-2)19(17)25-22(27)23(12-6-7-13-23)15-8-4-3-5-9-15/h3-5,8-11,14,24H,6-7,12-13H2,1-2H3,(H,25,27). The molecule has 0 saturated heterocycles. The Morgan fingerprint density at radius 2 is 1.76 bits per heavy atom. The average molecular weight is 392 g/mol. The van der Waals surface area contributed by atoms with Crippen LogP contribution in [-0.4, -0.2) is 31.1 Å². The molecule has 150 valence electrons. The van der Waals surface area contributed by atoms with Gasteiger partial charge >= 0.3 is 5.97 Å². The van der Waals surface area contributed by atoms with Crippen LogP contribution in [0.4, 0.5) is 5.69 Å². The molecule has 1 aliphatic rings. The fourth-order valence-electron chi connectivity index (χ4n) is 4.30. The first-order chi connectivity index (χ1) is 14.1. The van der Waals surface area contributed by atoms with E-state index >= 15 is 0 Å². The zero-order valence-electron chi connectivity index (χ0n) is 16.6. The molecule has 0 bridgehead atoms. The number of amides is 1. The van der Waals surface area contributed by atoms with Gasteiger partial charge in [0, 0.05) is 11.5 Å². The molecule has 1 heterocycles. The number of carbonyl (C=O) groups excluding carboxylic acids is 2. The van der Waals surface area contributed by atoms with Gasteiger partial charge in [-0.25, -0.2) is 4.79 Å². The summed E-state index contributed by atoms with van der Waals surface area (Å²) in [7, 11) is 2.90. The maximum Gasteiger partial charge on any atom is 0.356 e. The van der Waals surface area contributed by atoms with Crippen molar-refractivity contribution in [3.63, 3.8) is 0 Å². The van der Waals surface area contributed by atoms with Gasteiger partial charge in [0.25, 0.3) is 0 Å². The maximum absolute atomic E-state index is 13.6. The fourth-order valence-corrected chi connectivity index (χ4v) is 4.30. The molecule has 6 nitrogen and oxygen atoms in total. The van der Waals surface area contributed by atoms with E-state index in [1.807, 2.05) is 36.4 Å². The van der Waals surface area contributed by atoms with Crippen LogP contribution in [0.15, 0.2) is 48.5 Å². The lowest BCUT2D eigenvalue weighted by Gasteiger charge is -2.28. The molecule has 0 aliphatic heterocycles. The van der Waals surface area contributed by atoms with Crippen molar-refractivity contribution in [3.05, 3.63) is 59.8 Å². The molecule has 2 N–H and O–H groups in total. The molecule has 2 aromatic carbocycles. The molecule has 0 unspecified atom stereocenters. The second-order valence-corrected chi connectivity index (χ2v) is 7.39. The topological polar surface area (TPSA) is 80.4 Å². The van der Waals surface area contributed by atoms with E-state index in [1.54, 1.807) is 19.2 Å². The van der Waals surface area contributed by atoms with Gasteiger partial charge in [-0.3, -0.25) is 4.79 Å². The number of aromatic nitrogens is 1. The number of hydrogen-bond acceptors (Lipinski definition) is 4. The third-order valence-electron chi connectivity index (χ3n) is 5.85. The van der Waals surface area contributed by atoms with Crippen LogP contribution in [0, 0.1) is 0 Å². The molecule has 4 rings (SSSR count). The van der Waals surface area contributed by atoms with Crippen LogP contribution in [0.3, 0.4) is 0 Å². The highest BCUT2D eigenvalue weighted by atomic mass is 16.5. The maximum atomic E-state index is 13.6. The van der Waals surface area contributed by atoms with Gasteiger partial charge in [0.15, 0.2) is 0 Å². The predicted octanol–water partition coefficient (Wildman–Crippen LogP) is 4.41. The largest absolute Gasteiger partial charge is 0.497 e. The highest BCUT2D eigenvalue weighted by Gasteiger charge is 2.43. The van der Waals surface area contributed by atoms with E-state index in [-0.39, 0.29) is 11.6 Å². The summed E-state index contributed by atoms with van der Waals surface area (Å²) in [5, 5.41) is 3.79. The Kier molecular flexibility index (Phi) is 5.01. The zero-order valence-corrected chi connectivity index (χ0v) is 16.6. The molecule has 0 atom stereocenters. The lowest BCUT2D eigenvalue weighted by Crippen LogP contribution is -2.38. The summed E-state index contributed by atoms with van der Waals surface area (Å²) in [5.41, 5.74) is 1.79. The number of ether oxygens (including phenoxy) is 2. The molecular formula is C23H24N2O4. The lowest BCUT2D eigenvalue weighted by atomic mass is 9.78. The van der Waals surface area contributed by atoms with Crippen molar-refractivity contribution in [1.29, 1.82) is 0 Å². The molecule has 29 heavy (non-hydrogen) atoms. The molecule has 1 aliphatic carbocycles. The van der Waals surface area contributed by atoms with Crippen molar-refractivity contribution < 1.29 is 19.1 Å². The van der Waals surface area contributed by atoms with E-state index in [4.69, 9.17) is 9.47 Å². The Balaban J connectivity index is 1.78. The number of rotatable bonds is 5. The van der Waals surface area contributed by atoms with E-state index in [0.29, 0.717) is 17.0 Å². The van der Waals surface area contributed by atoms with Crippen molar-refractivity contribution in [2.45, 2.75) is 31.1 Å². The minimum Gasteiger partial charge on any atom is -0.497 e. The van der Waals surface area contributed by atoms with Crippen molar-refractivity contribution >= 4 is 28.5 Å². The van der Waals surface area contributed by atoms with Gasteiger partial charge < -0.3 is 19.8 Å². The molecule has 0 radical (unpaired) electrons. The molecule has 0 spiro atoms. The van der Waals surface area contributed by atoms with Gasteiger partial charge in [-0.2, -0.15) is 0 Å². The Bertz CT molecular complexity index is 1050. The van der Waals surface area contributed by atoms with E-state index in [2.05, 4.69) is 10.3 Å². The van der Waals surface area contributed by atoms with Crippen LogP contribution in [0.25, 0.3) is 10.9 Å². The van der Waals surface area contributed by atoms with Crippen LogP contribution in [-0.2, 0) is 14.9 Å². The number of benzene rings is 2. The Morgan fingerprint density at radius 1 is 1.03 bits per heavy atom. The minimum atomic E-state index is -0.593. The number of fused-ring (bicyclic) bond motifs is 1. The Morgan fingerprint density at radius 3 is 2.41 bits per heavy atom. The molecule has 3 aromatic rings. The van der Waals surface area contributed by atoms with Gasteiger partial charge in [0.05, 0.1) is 30.8 Å². The van der Waals surface area contributed by atoms with Gasteiger partial charge in [0.1, 0.15) is 11.4 Å². The van der Waals surface area contributed by atoms with Gasteiger partial charge in [-0.15, -0.1) is 0 Å². The number of aromatic amines is 1. The Hall–Kier alpha value is -3.28. The molecule has 1 fully saturated rings. The SMILES string of the molecule is COC(=O)c1[nH]c2cc(OC)ccc2c1NC(=O)C1(c2ccccc2)CCCC1. The normalized spacial score (nSPS) is 15.2.